The third-order valence-corrected chi connectivity index (χ3v) is 3.53. The summed E-state index contributed by atoms with van der Waals surface area (Å²) in [5.41, 5.74) is 3.74. The fraction of sp³-hybridized carbons (Fsp3) is 0.0769. The van der Waals surface area contributed by atoms with Crippen LogP contribution in [-0.4, -0.2) is 3.59 Å². The van der Waals surface area contributed by atoms with Gasteiger partial charge in [-0.2, -0.15) is 0 Å². The SMILES string of the molecule is Cc1ccc2c3ccccc3n(Br)c2c1. The van der Waals surface area contributed by atoms with Crippen molar-refractivity contribution in [2.45, 2.75) is 6.92 Å². The Labute approximate surface area is 96.7 Å². The van der Waals surface area contributed by atoms with Crippen LogP contribution in [0.3, 0.4) is 0 Å². The Morgan fingerprint density at radius 2 is 1.67 bits per heavy atom. The zero-order chi connectivity index (χ0) is 10.4. The third kappa shape index (κ3) is 1.21. The lowest BCUT2D eigenvalue weighted by molar-refractivity contribution is 1.43. The molecule has 0 aliphatic heterocycles. The molecule has 2 heteroatoms. The summed E-state index contributed by atoms with van der Waals surface area (Å²) in [5.74, 6) is 0. The maximum absolute atomic E-state index is 3.60. The number of hydrogen-bond donors (Lipinski definition) is 0. The number of aromatic nitrogens is 1. The van der Waals surface area contributed by atoms with Gasteiger partial charge in [-0.3, -0.25) is 3.59 Å². The van der Waals surface area contributed by atoms with Crippen LogP contribution in [0, 0.1) is 6.92 Å². The molecule has 1 nitrogen and oxygen atoms in total. The van der Waals surface area contributed by atoms with Gasteiger partial charge in [-0.1, -0.05) is 30.3 Å². The van der Waals surface area contributed by atoms with E-state index in [1.807, 2.05) is 0 Å². The summed E-state index contributed by atoms with van der Waals surface area (Å²) in [6.45, 7) is 2.12. The van der Waals surface area contributed by atoms with Gasteiger partial charge in [0, 0.05) is 10.8 Å². The van der Waals surface area contributed by atoms with Crippen molar-refractivity contribution in [1.29, 1.82) is 0 Å². The second-order valence-corrected chi connectivity index (χ2v) is 4.53. The highest BCUT2D eigenvalue weighted by Gasteiger charge is 2.07. The number of halogens is 1. The lowest BCUT2D eigenvalue weighted by Crippen LogP contribution is -1.78. The van der Waals surface area contributed by atoms with Crippen molar-refractivity contribution in [2.24, 2.45) is 0 Å². The first-order chi connectivity index (χ1) is 7.27. The lowest BCUT2D eigenvalue weighted by Gasteiger charge is -1.95. The van der Waals surface area contributed by atoms with Gasteiger partial charge in [0.05, 0.1) is 27.2 Å². The second-order valence-electron chi connectivity index (χ2n) is 3.82. The van der Waals surface area contributed by atoms with E-state index in [2.05, 4.69) is 69.1 Å². The Balaban J connectivity index is 2.63. The van der Waals surface area contributed by atoms with Gasteiger partial charge >= 0.3 is 0 Å². The average Bonchev–Trinajstić information content (AvgIpc) is 2.54. The van der Waals surface area contributed by atoms with Gasteiger partial charge < -0.3 is 0 Å². The summed E-state index contributed by atoms with van der Waals surface area (Å²) in [5, 5.41) is 2.59. The van der Waals surface area contributed by atoms with Crippen molar-refractivity contribution in [3.8, 4) is 0 Å². The van der Waals surface area contributed by atoms with Gasteiger partial charge in [0.25, 0.3) is 0 Å². The van der Waals surface area contributed by atoms with Gasteiger partial charge in [-0.15, -0.1) is 0 Å². The van der Waals surface area contributed by atoms with Crippen LogP contribution in [0.25, 0.3) is 21.8 Å². The van der Waals surface area contributed by atoms with Crippen molar-refractivity contribution >= 4 is 38.0 Å². The molecule has 0 saturated heterocycles. The highest BCUT2D eigenvalue weighted by Crippen LogP contribution is 2.30. The molecular weight excluding hydrogens is 250 g/mol. The van der Waals surface area contributed by atoms with E-state index in [0.29, 0.717) is 0 Å². The Morgan fingerprint density at radius 3 is 2.53 bits per heavy atom. The van der Waals surface area contributed by atoms with E-state index in [4.69, 9.17) is 0 Å². The van der Waals surface area contributed by atoms with Crippen LogP contribution < -0.4 is 0 Å². The van der Waals surface area contributed by atoms with Crippen LogP contribution in [0.2, 0.25) is 0 Å². The number of fused-ring (bicyclic) bond motifs is 3. The molecule has 1 aromatic heterocycles. The van der Waals surface area contributed by atoms with Crippen molar-refractivity contribution in [1.82, 2.24) is 3.59 Å². The molecule has 2 aromatic carbocycles. The third-order valence-electron chi connectivity index (χ3n) is 2.77. The van der Waals surface area contributed by atoms with Gasteiger partial charge in [0.2, 0.25) is 0 Å². The Kier molecular flexibility index (Phi) is 1.86. The predicted octanol–water partition coefficient (Wildman–Crippen LogP) is 4.26. The highest BCUT2D eigenvalue weighted by atomic mass is 79.9. The van der Waals surface area contributed by atoms with Crippen molar-refractivity contribution < 1.29 is 0 Å². The van der Waals surface area contributed by atoms with Gasteiger partial charge in [0.1, 0.15) is 0 Å². The molecule has 0 atom stereocenters. The fourth-order valence-corrected chi connectivity index (χ4v) is 2.64. The number of para-hydroxylation sites is 1. The molecule has 0 bridgehead atoms. The van der Waals surface area contributed by atoms with Crippen molar-refractivity contribution in [3.05, 3.63) is 48.0 Å². The Hall–Kier alpha value is -1.28. The van der Waals surface area contributed by atoms with E-state index in [9.17, 15) is 0 Å². The maximum atomic E-state index is 3.60. The predicted molar refractivity (Wildman–Crippen MR) is 68.5 cm³/mol. The normalized spacial score (nSPS) is 11.3. The minimum Gasteiger partial charge on any atom is -0.276 e. The Morgan fingerprint density at radius 1 is 0.933 bits per heavy atom. The molecule has 0 unspecified atom stereocenters. The largest absolute Gasteiger partial charge is 0.276 e. The number of aryl methyl sites for hydroxylation is 1. The van der Waals surface area contributed by atoms with E-state index in [1.165, 1.54) is 27.4 Å². The quantitative estimate of drug-likeness (QED) is 0.569. The maximum Gasteiger partial charge on any atom is 0.0607 e. The summed E-state index contributed by atoms with van der Waals surface area (Å²) < 4.78 is 2.07. The molecule has 3 aromatic rings. The zero-order valence-corrected chi connectivity index (χ0v) is 9.95. The molecule has 15 heavy (non-hydrogen) atoms. The van der Waals surface area contributed by atoms with Crippen LogP contribution in [0.5, 0.6) is 0 Å². The summed E-state index contributed by atoms with van der Waals surface area (Å²) >= 11 is 3.60. The van der Waals surface area contributed by atoms with Crippen molar-refractivity contribution in [3.63, 3.8) is 0 Å². The van der Waals surface area contributed by atoms with Crippen molar-refractivity contribution in [2.75, 3.05) is 0 Å². The van der Waals surface area contributed by atoms with Crippen LogP contribution >= 0.6 is 16.1 Å². The number of benzene rings is 2. The first-order valence-electron chi connectivity index (χ1n) is 4.93. The monoisotopic (exact) mass is 259 g/mol. The molecule has 0 N–H and O–H groups in total. The standard InChI is InChI=1S/C13H10BrN/c1-9-6-7-11-10-4-2-3-5-12(10)15(14)13(11)8-9/h2-8H,1H3. The summed E-state index contributed by atoms with van der Waals surface area (Å²) in [7, 11) is 0. The second kappa shape index (κ2) is 3.11. The summed E-state index contributed by atoms with van der Waals surface area (Å²) in [6, 6.07) is 15.0. The van der Waals surface area contributed by atoms with E-state index < -0.39 is 0 Å². The molecule has 0 saturated carbocycles. The van der Waals surface area contributed by atoms with Gasteiger partial charge in [0.15, 0.2) is 0 Å². The fourth-order valence-electron chi connectivity index (χ4n) is 2.03. The van der Waals surface area contributed by atoms with E-state index in [-0.39, 0.29) is 0 Å². The van der Waals surface area contributed by atoms with E-state index >= 15 is 0 Å². The number of nitrogens with zero attached hydrogens (tertiary/aromatic N) is 1. The molecule has 74 valence electrons. The number of rotatable bonds is 0. The minimum absolute atomic E-state index is 1.22. The molecular formula is C13H10BrN. The zero-order valence-electron chi connectivity index (χ0n) is 8.37. The summed E-state index contributed by atoms with van der Waals surface area (Å²) in [6.07, 6.45) is 0. The first kappa shape index (κ1) is 8.98. The molecule has 0 amide bonds. The van der Waals surface area contributed by atoms with Crippen LogP contribution in [0.1, 0.15) is 5.56 Å². The average molecular weight is 260 g/mol. The molecule has 0 fully saturated rings. The molecule has 3 rings (SSSR count). The summed E-state index contributed by atoms with van der Waals surface area (Å²) in [4.78, 5) is 0. The first-order valence-corrected chi connectivity index (χ1v) is 5.64. The van der Waals surface area contributed by atoms with Crippen LogP contribution in [-0.2, 0) is 0 Å². The minimum atomic E-state index is 1.22. The molecule has 0 spiro atoms. The van der Waals surface area contributed by atoms with Crippen LogP contribution in [0.4, 0.5) is 0 Å². The van der Waals surface area contributed by atoms with Gasteiger partial charge in [-0.05, 0) is 24.6 Å². The van der Waals surface area contributed by atoms with E-state index in [0.717, 1.165) is 0 Å². The smallest absolute Gasteiger partial charge is 0.0607 e. The van der Waals surface area contributed by atoms with Crippen LogP contribution in [0.15, 0.2) is 42.5 Å². The molecule has 0 aliphatic rings. The molecule has 0 aliphatic carbocycles. The van der Waals surface area contributed by atoms with E-state index in [1.54, 1.807) is 0 Å². The Bertz CT molecular complexity index is 652. The highest BCUT2D eigenvalue weighted by molar-refractivity contribution is 9.08. The topological polar surface area (TPSA) is 4.93 Å². The molecule has 0 radical (unpaired) electrons. The lowest BCUT2D eigenvalue weighted by atomic mass is 10.1. The van der Waals surface area contributed by atoms with Gasteiger partial charge in [-0.25, -0.2) is 0 Å². The molecule has 1 heterocycles. The number of hydrogen-bond acceptors (Lipinski definition) is 0.